The fourth-order valence-electron chi connectivity index (χ4n) is 3.93. The number of carbonyl (C=O) groups excluding carboxylic acids is 1. The highest BCUT2D eigenvalue weighted by Crippen LogP contribution is 2.29. The zero-order valence-corrected chi connectivity index (χ0v) is 13.2. The van der Waals surface area contributed by atoms with Gasteiger partial charge < -0.3 is 10.1 Å². The number of carbonyl (C=O) groups is 1. The van der Waals surface area contributed by atoms with Crippen LogP contribution in [0.25, 0.3) is 0 Å². The number of rotatable bonds is 5. The maximum atomic E-state index is 11.8. The molecule has 2 aliphatic rings. The first-order valence-electron chi connectivity index (χ1n) is 8.59. The van der Waals surface area contributed by atoms with Crippen LogP contribution in [0, 0.1) is 17.8 Å². The zero-order chi connectivity index (χ0) is 14.4. The first-order chi connectivity index (χ1) is 9.69. The SMILES string of the molecule is CCOC(=O)C1CCCC(NCC2CCCC(C)C2)C1. The molecule has 0 saturated heterocycles. The van der Waals surface area contributed by atoms with Crippen LogP contribution >= 0.6 is 0 Å². The molecule has 0 radical (unpaired) electrons. The minimum absolute atomic E-state index is 0.0188. The highest BCUT2D eigenvalue weighted by molar-refractivity contribution is 5.72. The zero-order valence-electron chi connectivity index (χ0n) is 13.2. The van der Waals surface area contributed by atoms with Crippen molar-refractivity contribution >= 4 is 5.97 Å². The van der Waals surface area contributed by atoms with Crippen LogP contribution in [0.15, 0.2) is 0 Å². The van der Waals surface area contributed by atoms with Gasteiger partial charge in [0, 0.05) is 6.04 Å². The summed E-state index contributed by atoms with van der Waals surface area (Å²) in [5.41, 5.74) is 0. The number of ether oxygens (including phenoxy) is 1. The van der Waals surface area contributed by atoms with Gasteiger partial charge >= 0.3 is 5.97 Å². The van der Waals surface area contributed by atoms with Crippen LogP contribution < -0.4 is 5.32 Å². The van der Waals surface area contributed by atoms with Crippen LogP contribution in [0.1, 0.15) is 65.2 Å². The fourth-order valence-corrected chi connectivity index (χ4v) is 3.93. The summed E-state index contributed by atoms with van der Waals surface area (Å²) in [6, 6.07) is 0.524. The molecule has 0 amide bonds. The van der Waals surface area contributed by atoms with E-state index in [9.17, 15) is 4.79 Å². The molecule has 2 rings (SSSR count). The molecule has 1 N–H and O–H groups in total. The summed E-state index contributed by atoms with van der Waals surface area (Å²) in [6.07, 6.45) is 9.92. The van der Waals surface area contributed by atoms with Crippen molar-refractivity contribution in [2.45, 2.75) is 71.3 Å². The van der Waals surface area contributed by atoms with Gasteiger partial charge in [0.25, 0.3) is 0 Å². The molecule has 2 saturated carbocycles. The van der Waals surface area contributed by atoms with Gasteiger partial charge in [0.1, 0.15) is 0 Å². The van der Waals surface area contributed by atoms with Crippen molar-refractivity contribution in [3.8, 4) is 0 Å². The number of hydrogen-bond donors (Lipinski definition) is 1. The Morgan fingerprint density at radius 1 is 1.15 bits per heavy atom. The summed E-state index contributed by atoms with van der Waals surface area (Å²) < 4.78 is 5.17. The topological polar surface area (TPSA) is 38.3 Å². The molecule has 0 spiro atoms. The van der Waals surface area contributed by atoms with E-state index in [0.717, 1.165) is 37.6 Å². The van der Waals surface area contributed by atoms with E-state index in [1.54, 1.807) is 0 Å². The maximum absolute atomic E-state index is 11.8. The van der Waals surface area contributed by atoms with E-state index in [4.69, 9.17) is 4.74 Å². The second-order valence-electron chi connectivity index (χ2n) is 6.86. The molecule has 0 aromatic heterocycles. The summed E-state index contributed by atoms with van der Waals surface area (Å²) in [4.78, 5) is 11.8. The predicted octanol–water partition coefficient (Wildman–Crippen LogP) is 3.52. The van der Waals surface area contributed by atoms with Crippen molar-refractivity contribution in [1.82, 2.24) is 5.32 Å². The van der Waals surface area contributed by atoms with Gasteiger partial charge in [-0.05, 0) is 57.4 Å². The highest BCUT2D eigenvalue weighted by Gasteiger charge is 2.28. The molecule has 0 aromatic carbocycles. The quantitative estimate of drug-likeness (QED) is 0.784. The van der Waals surface area contributed by atoms with E-state index < -0.39 is 0 Å². The molecule has 4 unspecified atom stereocenters. The largest absolute Gasteiger partial charge is 0.466 e. The maximum Gasteiger partial charge on any atom is 0.308 e. The Labute approximate surface area is 123 Å². The van der Waals surface area contributed by atoms with Gasteiger partial charge in [-0.25, -0.2) is 0 Å². The van der Waals surface area contributed by atoms with E-state index in [1.165, 1.54) is 32.1 Å². The van der Waals surface area contributed by atoms with Gasteiger partial charge in [0.2, 0.25) is 0 Å². The lowest BCUT2D eigenvalue weighted by Crippen LogP contribution is -2.39. The summed E-state index contributed by atoms with van der Waals surface area (Å²) in [5.74, 6) is 1.90. The van der Waals surface area contributed by atoms with Gasteiger partial charge in [-0.3, -0.25) is 4.79 Å². The van der Waals surface area contributed by atoms with E-state index >= 15 is 0 Å². The molecule has 2 aliphatic carbocycles. The van der Waals surface area contributed by atoms with Gasteiger partial charge in [-0.1, -0.05) is 26.2 Å². The van der Waals surface area contributed by atoms with E-state index in [2.05, 4.69) is 12.2 Å². The van der Waals surface area contributed by atoms with E-state index in [0.29, 0.717) is 12.6 Å². The van der Waals surface area contributed by atoms with Crippen LogP contribution in [-0.2, 0) is 9.53 Å². The molecule has 20 heavy (non-hydrogen) atoms. The Kier molecular flexibility index (Phi) is 6.34. The smallest absolute Gasteiger partial charge is 0.308 e. The first-order valence-corrected chi connectivity index (χ1v) is 8.59. The Hall–Kier alpha value is -0.570. The Bertz CT molecular complexity index is 305. The average molecular weight is 281 g/mol. The molecule has 0 bridgehead atoms. The summed E-state index contributed by atoms with van der Waals surface area (Å²) in [7, 11) is 0. The summed E-state index contributed by atoms with van der Waals surface area (Å²) in [5, 5.41) is 3.73. The van der Waals surface area contributed by atoms with E-state index in [1.807, 2.05) is 6.92 Å². The molecule has 3 heteroatoms. The van der Waals surface area contributed by atoms with Crippen LogP contribution in [0.5, 0.6) is 0 Å². The van der Waals surface area contributed by atoms with Crippen molar-refractivity contribution in [3.05, 3.63) is 0 Å². The number of esters is 1. The molecule has 4 atom stereocenters. The van der Waals surface area contributed by atoms with Gasteiger partial charge in [-0.2, -0.15) is 0 Å². The second kappa shape index (κ2) is 8.02. The molecule has 3 nitrogen and oxygen atoms in total. The van der Waals surface area contributed by atoms with Gasteiger partial charge in [0.05, 0.1) is 12.5 Å². The van der Waals surface area contributed by atoms with Crippen LogP contribution in [0.3, 0.4) is 0 Å². The standard InChI is InChI=1S/C17H31NO2/c1-3-20-17(19)15-8-5-9-16(11-15)18-12-14-7-4-6-13(2)10-14/h13-16,18H,3-12H2,1-2H3. The monoisotopic (exact) mass is 281 g/mol. The molecule has 0 heterocycles. The average Bonchev–Trinajstić information content (AvgIpc) is 2.46. The van der Waals surface area contributed by atoms with Crippen molar-refractivity contribution in [1.29, 1.82) is 0 Å². The van der Waals surface area contributed by atoms with Crippen molar-refractivity contribution in [3.63, 3.8) is 0 Å². The van der Waals surface area contributed by atoms with Crippen molar-refractivity contribution in [2.24, 2.45) is 17.8 Å². The van der Waals surface area contributed by atoms with E-state index in [-0.39, 0.29) is 11.9 Å². The van der Waals surface area contributed by atoms with Crippen LogP contribution in [0.2, 0.25) is 0 Å². The minimum Gasteiger partial charge on any atom is -0.466 e. The first kappa shape index (κ1) is 15.8. The predicted molar refractivity (Wildman–Crippen MR) is 81.5 cm³/mol. The third-order valence-electron chi connectivity index (χ3n) is 5.03. The van der Waals surface area contributed by atoms with Crippen LogP contribution in [-0.4, -0.2) is 25.2 Å². The van der Waals surface area contributed by atoms with Gasteiger partial charge in [-0.15, -0.1) is 0 Å². The lowest BCUT2D eigenvalue weighted by Gasteiger charge is -2.32. The lowest BCUT2D eigenvalue weighted by atomic mass is 9.81. The summed E-state index contributed by atoms with van der Waals surface area (Å²) >= 11 is 0. The molecule has 2 fully saturated rings. The van der Waals surface area contributed by atoms with Crippen molar-refractivity contribution in [2.75, 3.05) is 13.2 Å². The molecule has 0 aromatic rings. The summed E-state index contributed by atoms with van der Waals surface area (Å²) in [6.45, 7) is 5.92. The molecular weight excluding hydrogens is 250 g/mol. The molecule has 0 aliphatic heterocycles. The fraction of sp³-hybridized carbons (Fsp3) is 0.941. The third kappa shape index (κ3) is 4.76. The third-order valence-corrected chi connectivity index (χ3v) is 5.03. The Morgan fingerprint density at radius 3 is 2.70 bits per heavy atom. The lowest BCUT2D eigenvalue weighted by molar-refractivity contribution is -0.149. The number of hydrogen-bond acceptors (Lipinski definition) is 3. The molecule has 116 valence electrons. The second-order valence-corrected chi connectivity index (χ2v) is 6.86. The highest BCUT2D eigenvalue weighted by atomic mass is 16.5. The molecular formula is C17H31NO2. The Balaban J connectivity index is 1.71. The van der Waals surface area contributed by atoms with Crippen molar-refractivity contribution < 1.29 is 9.53 Å². The minimum atomic E-state index is 0.0188. The van der Waals surface area contributed by atoms with Crippen LogP contribution in [0.4, 0.5) is 0 Å². The number of nitrogens with one attached hydrogen (secondary N) is 1. The van der Waals surface area contributed by atoms with Gasteiger partial charge in [0.15, 0.2) is 0 Å². The normalized spacial score (nSPS) is 34.7. The Morgan fingerprint density at radius 2 is 1.95 bits per heavy atom.